The van der Waals surface area contributed by atoms with Gasteiger partial charge in [-0.05, 0) is 18.9 Å². The Labute approximate surface area is 147 Å². The van der Waals surface area contributed by atoms with Crippen molar-refractivity contribution in [2.75, 3.05) is 19.5 Å². The number of rotatable bonds is 4. The molecule has 1 saturated carbocycles. The van der Waals surface area contributed by atoms with Crippen molar-refractivity contribution in [2.45, 2.75) is 44.1 Å². The highest BCUT2D eigenvalue weighted by Crippen LogP contribution is 2.45. The number of anilines is 1. The zero-order valence-corrected chi connectivity index (χ0v) is 14.6. The van der Waals surface area contributed by atoms with Crippen molar-refractivity contribution in [3.8, 4) is 11.5 Å². The van der Waals surface area contributed by atoms with Crippen molar-refractivity contribution >= 4 is 11.7 Å². The van der Waals surface area contributed by atoms with Gasteiger partial charge < -0.3 is 14.8 Å². The molecule has 0 saturated heterocycles. The molecule has 1 amide bonds. The number of para-hydroxylation sites is 1. The summed E-state index contributed by atoms with van der Waals surface area (Å²) >= 11 is 0. The molecule has 25 heavy (non-hydrogen) atoms. The van der Waals surface area contributed by atoms with Crippen LogP contribution in [0.25, 0.3) is 0 Å². The molecule has 1 aliphatic carbocycles. The molecular weight excluding hydrogens is 318 g/mol. The first-order chi connectivity index (χ1) is 12.2. The molecule has 6 heteroatoms. The van der Waals surface area contributed by atoms with Crippen LogP contribution in [0.5, 0.6) is 11.5 Å². The van der Waals surface area contributed by atoms with E-state index in [4.69, 9.17) is 9.47 Å². The van der Waals surface area contributed by atoms with Crippen LogP contribution in [0, 0.1) is 0 Å². The molecule has 2 heterocycles. The number of hydrogen-bond acceptors (Lipinski definition) is 4. The lowest BCUT2D eigenvalue weighted by Crippen LogP contribution is -2.26. The lowest BCUT2D eigenvalue weighted by molar-refractivity contribution is -0.116. The van der Waals surface area contributed by atoms with Gasteiger partial charge in [0.05, 0.1) is 26.5 Å². The largest absolute Gasteiger partial charge is 0.493 e. The molecule has 1 N–H and O–H groups in total. The number of nitrogens with one attached hydrogen (secondary N) is 1. The average molecular weight is 341 g/mol. The number of aromatic nitrogens is 2. The van der Waals surface area contributed by atoms with E-state index in [0.717, 1.165) is 29.8 Å². The average Bonchev–Trinajstić information content (AvgIpc) is 3.29. The lowest BCUT2D eigenvalue weighted by atomic mass is 9.86. The number of methoxy groups -OCH3 is 2. The summed E-state index contributed by atoms with van der Waals surface area (Å²) in [6.07, 6.45) is 6.97. The molecule has 132 valence electrons. The van der Waals surface area contributed by atoms with Gasteiger partial charge in [-0.15, -0.1) is 0 Å². The normalized spacial score (nSPS) is 20.2. The van der Waals surface area contributed by atoms with E-state index < -0.39 is 0 Å². The topological polar surface area (TPSA) is 65.4 Å². The molecule has 0 bridgehead atoms. The molecule has 0 radical (unpaired) electrons. The van der Waals surface area contributed by atoms with Gasteiger partial charge in [0.1, 0.15) is 5.82 Å². The summed E-state index contributed by atoms with van der Waals surface area (Å²) in [6.45, 7) is 0. The summed E-state index contributed by atoms with van der Waals surface area (Å²) in [4.78, 5) is 12.4. The number of benzene rings is 1. The quantitative estimate of drug-likeness (QED) is 0.924. The fourth-order valence-corrected chi connectivity index (χ4v) is 4.13. The zero-order chi connectivity index (χ0) is 17.4. The highest BCUT2D eigenvalue weighted by Gasteiger charge is 2.34. The Balaban J connectivity index is 1.80. The Morgan fingerprint density at radius 3 is 2.68 bits per heavy atom. The van der Waals surface area contributed by atoms with E-state index in [1.807, 2.05) is 29.1 Å². The Morgan fingerprint density at radius 2 is 1.96 bits per heavy atom. The van der Waals surface area contributed by atoms with Crippen LogP contribution in [0.2, 0.25) is 0 Å². The van der Waals surface area contributed by atoms with Crippen LogP contribution in [0.3, 0.4) is 0 Å². The minimum absolute atomic E-state index is 0.0159. The molecule has 0 unspecified atom stereocenters. The third-order valence-corrected chi connectivity index (χ3v) is 5.33. The minimum Gasteiger partial charge on any atom is -0.493 e. The third-order valence-electron chi connectivity index (χ3n) is 5.33. The first kappa shape index (κ1) is 16.0. The minimum atomic E-state index is -0.0797. The van der Waals surface area contributed by atoms with Crippen LogP contribution in [-0.2, 0) is 4.79 Å². The van der Waals surface area contributed by atoms with E-state index in [-0.39, 0.29) is 11.8 Å². The van der Waals surface area contributed by atoms with Crippen LogP contribution in [-0.4, -0.2) is 29.9 Å². The first-order valence-electron chi connectivity index (χ1n) is 8.81. The van der Waals surface area contributed by atoms with Gasteiger partial charge in [0.2, 0.25) is 5.91 Å². The Bertz CT molecular complexity index is 793. The van der Waals surface area contributed by atoms with E-state index in [0.29, 0.717) is 24.0 Å². The maximum absolute atomic E-state index is 12.4. The molecular formula is C19H23N3O3. The summed E-state index contributed by atoms with van der Waals surface area (Å²) in [5.41, 5.74) is 2.02. The molecule has 1 fully saturated rings. The Hall–Kier alpha value is -2.50. The first-order valence-corrected chi connectivity index (χ1v) is 8.81. The van der Waals surface area contributed by atoms with Crippen molar-refractivity contribution in [2.24, 2.45) is 0 Å². The number of ether oxygens (including phenoxy) is 2. The van der Waals surface area contributed by atoms with Crippen LogP contribution >= 0.6 is 0 Å². The van der Waals surface area contributed by atoms with Crippen molar-refractivity contribution in [3.05, 3.63) is 35.5 Å². The number of carbonyl (C=O) groups is 1. The second-order valence-corrected chi connectivity index (χ2v) is 6.72. The molecule has 0 spiro atoms. The van der Waals surface area contributed by atoms with Gasteiger partial charge in [-0.25, -0.2) is 4.68 Å². The number of amides is 1. The van der Waals surface area contributed by atoms with E-state index >= 15 is 0 Å². The molecule has 4 rings (SSSR count). The van der Waals surface area contributed by atoms with E-state index in [9.17, 15) is 4.79 Å². The number of carbonyl (C=O) groups excluding carboxylic acids is 1. The van der Waals surface area contributed by atoms with Crippen molar-refractivity contribution in [3.63, 3.8) is 0 Å². The number of nitrogens with zero attached hydrogens (tertiary/aromatic N) is 2. The highest BCUT2D eigenvalue weighted by atomic mass is 16.5. The molecule has 1 aliphatic heterocycles. The van der Waals surface area contributed by atoms with Gasteiger partial charge in [0.15, 0.2) is 11.5 Å². The van der Waals surface area contributed by atoms with E-state index in [1.165, 1.54) is 12.8 Å². The maximum atomic E-state index is 12.4. The van der Waals surface area contributed by atoms with Crippen LogP contribution in [0.4, 0.5) is 5.82 Å². The Morgan fingerprint density at radius 1 is 1.16 bits per heavy atom. The standard InChI is InChI=1S/C19H23N3O3/c1-24-16-9-5-8-13(18(16)25-2)14-10-17(23)21-19-15(14)11-20-22(19)12-6-3-4-7-12/h5,8-9,11-12,14H,3-4,6-7,10H2,1-2H3,(H,21,23)/t14-/m0/s1. The van der Waals surface area contributed by atoms with Crippen molar-refractivity contribution in [1.82, 2.24) is 9.78 Å². The molecule has 1 aromatic carbocycles. The van der Waals surface area contributed by atoms with Gasteiger partial charge in [0.25, 0.3) is 0 Å². The van der Waals surface area contributed by atoms with Gasteiger partial charge in [-0.2, -0.15) is 5.10 Å². The van der Waals surface area contributed by atoms with E-state index in [1.54, 1.807) is 14.2 Å². The maximum Gasteiger partial charge on any atom is 0.226 e. The second kappa shape index (κ2) is 6.43. The summed E-state index contributed by atoms with van der Waals surface area (Å²) in [7, 11) is 3.26. The predicted octanol–water partition coefficient (Wildman–Crippen LogP) is 3.49. The van der Waals surface area contributed by atoms with Gasteiger partial charge in [-0.1, -0.05) is 25.0 Å². The Kier molecular flexibility index (Phi) is 4.11. The fraction of sp³-hybridized carbons (Fsp3) is 0.474. The van der Waals surface area contributed by atoms with Gasteiger partial charge >= 0.3 is 0 Å². The molecule has 1 aromatic heterocycles. The van der Waals surface area contributed by atoms with Crippen molar-refractivity contribution in [1.29, 1.82) is 0 Å². The molecule has 6 nitrogen and oxygen atoms in total. The smallest absolute Gasteiger partial charge is 0.226 e. The molecule has 2 aliphatic rings. The monoisotopic (exact) mass is 341 g/mol. The summed E-state index contributed by atoms with van der Waals surface area (Å²) in [5, 5.41) is 7.66. The third kappa shape index (κ3) is 2.65. The number of hydrogen-bond donors (Lipinski definition) is 1. The highest BCUT2D eigenvalue weighted by molar-refractivity contribution is 5.94. The van der Waals surface area contributed by atoms with Crippen molar-refractivity contribution < 1.29 is 14.3 Å². The predicted molar refractivity (Wildman–Crippen MR) is 94.4 cm³/mol. The van der Waals surface area contributed by atoms with Crippen LogP contribution in [0.15, 0.2) is 24.4 Å². The van der Waals surface area contributed by atoms with Gasteiger partial charge in [-0.3, -0.25) is 4.79 Å². The fourth-order valence-electron chi connectivity index (χ4n) is 4.13. The van der Waals surface area contributed by atoms with Crippen LogP contribution in [0.1, 0.15) is 55.2 Å². The SMILES string of the molecule is COc1cccc([C@@H]2CC(=O)Nc3c2cnn3C2CCCC2)c1OC. The van der Waals surface area contributed by atoms with Gasteiger partial charge in [0, 0.05) is 23.5 Å². The summed E-state index contributed by atoms with van der Waals surface area (Å²) in [5.74, 6) is 2.14. The summed E-state index contributed by atoms with van der Waals surface area (Å²) in [6, 6.07) is 6.19. The second-order valence-electron chi connectivity index (χ2n) is 6.72. The lowest BCUT2D eigenvalue weighted by Gasteiger charge is -2.26. The van der Waals surface area contributed by atoms with E-state index in [2.05, 4.69) is 10.4 Å². The summed E-state index contributed by atoms with van der Waals surface area (Å²) < 4.78 is 13.0. The zero-order valence-electron chi connectivity index (χ0n) is 14.6. The number of fused-ring (bicyclic) bond motifs is 1. The van der Waals surface area contributed by atoms with Crippen LogP contribution < -0.4 is 14.8 Å². The molecule has 1 atom stereocenters. The molecule has 2 aromatic rings.